The predicted octanol–water partition coefficient (Wildman–Crippen LogP) is 2.91. The van der Waals surface area contributed by atoms with Gasteiger partial charge < -0.3 is 4.74 Å². The average molecular weight is 353 g/mol. The summed E-state index contributed by atoms with van der Waals surface area (Å²) in [4.78, 5) is 0. The molecule has 2 heterocycles. The van der Waals surface area contributed by atoms with Crippen LogP contribution in [0.25, 0.3) is 5.57 Å². The number of allylic oxidation sites excluding steroid dienone is 1. The number of benzene rings is 2. The topological polar surface area (TPSA) is 71.3 Å². The number of amidine groups is 1. The predicted molar refractivity (Wildman–Crippen MR) is 97.4 cm³/mol. The first-order valence-electron chi connectivity index (χ1n) is 7.79. The Bertz CT molecular complexity index is 978. The highest BCUT2D eigenvalue weighted by atomic mass is 32.2. The van der Waals surface area contributed by atoms with Crippen LogP contribution in [0.1, 0.15) is 5.56 Å². The molecule has 2 aromatic carbocycles. The number of hydrogen-bond acceptors (Lipinski definition) is 5. The molecule has 126 valence electrons. The van der Waals surface area contributed by atoms with E-state index in [9.17, 15) is 8.42 Å². The lowest BCUT2D eigenvalue weighted by Gasteiger charge is -2.27. The van der Waals surface area contributed by atoms with Crippen molar-refractivity contribution in [2.75, 3.05) is 12.3 Å². The minimum atomic E-state index is -3.44. The van der Waals surface area contributed by atoms with Crippen molar-refractivity contribution < 1.29 is 13.2 Å². The van der Waals surface area contributed by atoms with Crippen LogP contribution in [0.4, 0.5) is 0 Å². The first kappa shape index (κ1) is 15.6. The first-order chi connectivity index (χ1) is 12.1. The summed E-state index contributed by atoms with van der Waals surface area (Å²) in [7, 11) is -3.44. The van der Waals surface area contributed by atoms with Crippen molar-refractivity contribution in [1.29, 1.82) is 0 Å². The van der Waals surface area contributed by atoms with Crippen molar-refractivity contribution in [2.45, 2.75) is 0 Å². The molecule has 7 heteroatoms. The van der Waals surface area contributed by atoms with Gasteiger partial charge in [-0.1, -0.05) is 30.3 Å². The molecule has 0 fully saturated rings. The molecular weight excluding hydrogens is 338 g/mol. The molecule has 6 nitrogen and oxygen atoms in total. The van der Waals surface area contributed by atoms with Crippen molar-refractivity contribution in [3.63, 3.8) is 0 Å². The number of sulfonamides is 1. The Morgan fingerprint density at radius 1 is 0.960 bits per heavy atom. The second-order valence-electron chi connectivity index (χ2n) is 5.61. The van der Waals surface area contributed by atoms with E-state index in [1.54, 1.807) is 17.3 Å². The molecule has 0 aromatic heterocycles. The molecule has 4 rings (SSSR count). The fourth-order valence-corrected chi connectivity index (χ4v) is 3.60. The third kappa shape index (κ3) is 3.32. The number of hydrazone groups is 1. The van der Waals surface area contributed by atoms with Gasteiger partial charge in [-0.15, -0.1) is 4.40 Å². The minimum absolute atomic E-state index is 0.0228. The number of nitrogens with zero attached hydrogens (tertiary/aromatic N) is 3. The molecule has 0 atom stereocenters. The maximum Gasteiger partial charge on any atom is 0.256 e. The van der Waals surface area contributed by atoms with Gasteiger partial charge in [0.05, 0.1) is 12.3 Å². The first-order valence-corrected chi connectivity index (χ1v) is 9.40. The summed E-state index contributed by atoms with van der Waals surface area (Å²) in [5.74, 6) is 1.80. The van der Waals surface area contributed by atoms with Gasteiger partial charge in [0, 0.05) is 11.8 Å². The third-order valence-electron chi connectivity index (χ3n) is 3.86. The molecule has 25 heavy (non-hydrogen) atoms. The number of hydrogen-bond donors (Lipinski definition) is 0. The number of ether oxygens (including phenoxy) is 1. The third-order valence-corrected chi connectivity index (χ3v) is 5.01. The molecule has 0 spiro atoms. The second kappa shape index (κ2) is 6.18. The number of para-hydroxylation sites is 1. The average Bonchev–Trinajstić information content (AvgIpc) is 2.62. The second-order valence-corrected chi connectivity index (χ2v) is 7.36. The van der Waals surface area contributed by atoms with Crippen LogP contribution in [0.2, 0.25) is 0 Å². The van der Waals surface area contributed by atoms with Gasteiger partial charge in [0.1, 0.15) is 11.5 Å². The highest BCUT2D eigenvalue weighted by Crippen LogP contribution is 2.27. The molecule has 0 saturated heterocycles. The van der Waals surface area contributed by atoms with Crippen LogP contribution in [0.3, 0.4) is 0 Å². The molecule has 2 aliphatic heterocycles. The Morgan fingerprint density at radius 2 is 1.68 bits per heavy atom. The zero-order valence-corrected chi connectivity index (χ0v) is 14.1. The van der Waals surface area contributed by atoms with Gasteiger partial charge in [0.25, 0.3) is 10.0 Å². The van der Waals surface area contributed by atoms with Crippen LogP contribution in [-0.4, -0.2) is 37.8 Å². The molecular formula is C18H15N3O3S. The fraction of sp³-hybridized carbons (Fsp3) is 0.111. The summed E-state index contributed by atoms with van der Waals surface area (Å²) in [5, 5.41) is 5.79. The SMILES string of the molecule is O=S1(=O)CCN2N=CC=C(c3ccc(Oc4ccccc4)cc3)C2=N1. The summed E-state index contributed by atoms with van der Waals surface area (Å²) in [6, 6.07) is 17.0. The van der Waals surface area contributed by atoms with Crippen LogP contribution in [0.15, 0.2) is 70.2 Å². The van der Waals surface area contributed by atoms with Crippen LogP contribution < -0.4 is 4.74 Å². The lowest BCUT2D eigenvalue weighted by atomic mass is 10.0. The van der Waals surface area contributed by atoms with Gasteiger partial charge in [-0.2, -0.15) is 5.10 Å². The molecule has 0 aliphatic carbocycles. The van der Waals surface area contributed by atoms with E-state index in [2.05, 4.69) is 9.50 Å². The van der Waals surface area contributed by atoms with E-state index in [-0.39, 0.29) is 5.75 Å². The Morgan fingerprint density at radius 3 is 2.44 bits per heavy atom. The van der Waals surface area contributed by atoms with Gasteiger partial charge in [-0.25, -0.2) is 13.4 Å². The van der Waals surface area contributed by atoms with Gasteiger partial charge >= 0.3 is 0 Å². The van der Waals surface area contributed by atoms with Crippen molar-refractivity contribution >= 4 is 27.6 Å². The van der Waals surface area contributed by atoms with Gasteiger partial charge in [0.15, 0.2) is 5.84 Å². The molecule has 0 radical (unpaired) electrons. The fourth-order valence-electron chi connectivity index (χ4n) is 2.65. The Hall–Kier alpha value is -2.93. The van der Waals surface area contributed by atoms with E-state index in [0.29, 0.717) is 18.1 Å². The van der Waals surface area contributed by atoms with Crippen LogP contribution in [-0.2, 0) is 10.0 Å². The largest absolute Gasteiger partial charge is 0.457 e. The zero-order valence-electron chi connectivity index (χ0n) is 13.2. The highest BCUT2D eigenvalue weighted by Gasteiger charge is 2.28. The van der Waals surface area contributed by atoms with Gasteiger partial charge in [0.2, 0.25) is 0 Å². The van der Waals surface area contributed by atoms with E-state index < -0.39 is 10.0 Å². The van der Waals surface area contributed by atoms with Crippen molar-refractivity contribution in [3.05, 3.63) is 66.2 Å². The summed E-state index contributed by atoms with van der Waals surface area (Å²) in [6.07, 6.45) is 3.42. The Kier molecular flexibility index (Phi) is 3.85. The highest BCUT2D eigenvalue weighted by molar-refractivity contribution is 7.90. The van der Waals surface area contributed by atoms with Crippen molar-refractivity contribution in [2.24, 2.45) is 9.50 Å². The number of rotatable bonds is 3. The van der Waals surface area contributed by atoms with E-state index >= 15 is 0 Å². The molecule has 0 bridgehead atoms. The summed E-state index contributed by atoms with van der Waals surface area (Å²) < 4.78 is 33.3. The van der Waals surface area contributed by atoms with Crippen molar-refractivity contribution in [3.8, 4) is 11.5 Å². The Labute approximate surface area is 145 Å². The maximum atomic E-state index is 11.8. The molecule has 0 amide bonds. The summed E-state index contributed by atoms with van der Waals surface area (Å²) >= 11 is 0. The zero-order chi connectivity index (χ0) is 17.3. The maximum absolute atomic E-state index is 11.8. The van der Waals surface area contributed by atoms with E-state index in [1.807, 2.05) is 54.6 Å². The van der Waals surface area contributed by atoms with Crippen LogP contribution in [0, 0.1) is 0 Å². The summed E-state index contributed by atoms with van der Waals surface area (Å²) in [5.41, 5.74) is 1.58. The quantitative estimate of drug-likeness (QED) is 0.851. The van der Waals surface area contributed by atoms with E-state index in [1.165, 1.54) is 0 Å². The normalized spacial score (nSPS) is 18.2. The van der Waals surface area contributed by atoms with Crippen LogP contribution in [0.5, 0.6) is 11.5 Å². The van der Waals surface area contributed by atoms with E-state index in [4.69, 9.17) is 4.74 Å². The standard InChI is InChI=1S/C18H15N3O3S/c22-25(23)13-12-21-18(20-25)17(10-11-19-21)14-6-8-16(9-7-14)24-15-4-2-1-3-5-15/h1-11H,12-13H2. The summed E-state index contributed by atoms with van der Waals surface area (Å²) in [6.45, 7) is 0.310. The molecule has 2 aliphatic rings. The van der Waals surface area contributed by atoms with Crippen LogP contribution >= 0.6 is 0 Å². The monoisotopic (exact) mass is 353 g/mol. The van der Waals surface area contributed by atoms with Crippen molar-refractivity contribution in [1.82, 2.24) is 5.01 Å². The lowest BCUT2D eigenvalue weighted by Crippen LogP contribution is -2.38. The van der Waals surface area contributed by atoms with Gasteiger partial charge in [-0.05, 0) is 35.9 Å². The Balaban J connectivity index is 1.62. The lowest BCUT2D eigenvalue weighted by molar-refractivity contribution is 0.464. The van der Waals surface area contributed by atoms with Gasteiger partial charge in [-0.3, -0.25) is 0 Å². The smallest absolute Gasteiger partial charge is 0.256 e. The molecule has 0 saturated carbocycles. The number of fused-ring (bicyclic) bond motifs is 1. The molecule has 0 N–H and O–H groups in total. The molecule has 0 unspecified atom stereocenters. The minimum Gasteiger partial charge on any atom is -0.457 e. The van der Waals surface area contributed by atoms with E-state index in [0.717, 1.165) is 16.9 Å². The molecule has 2 aromatic rings.